The number of aromatic nitrogens is 2. The summed E-state index contributed by atoms with van der Waals surface area (Å²) in [4.78, 5) is 17.1. The number of likely N-dealkylation sites (tertiary alicyclic amines) is 2. The predicted molar refractivity (Wildman–Crippen MR) is 90.8 cm³/mol. The van der Waals surface area contributed by atoms with E-state index in [1.807, 2.05) is 24.0 Å². The second kappa shape index (κ2) is 6.48. The van der Waals surface area contributed by atoms with Crippen LogP contribution in [0.15, 0.2) is 25.0 Å². The van der Waals surface area contributed by atoms with Gasteiger partial charge in [0, 0.05) is 44.4 Å². The van der Waals surface area contributed by atoms with Gasteiger partial charge in [0.1, 0.15) is 0 Å². The van der Waals surface area contributed by atoms with Crippen molar-refractivity contribution < 1.29 is 4.79 Å². The van der Waals surface area contributed by atoms with Crippen LogP contribution in [-0.2, 0) is 18.4 Å². The lowest BCUT2D eigenvalue weighted by Crippen LogP contribution is -2.62. The summed E-state index contributed by atoms with van der Waals surface area (Å²) >= 11 is 0. The van der Waals surface area contributed by atoms with Gasteiger partial charge in [-0.2, -0.15) is 5.10 Å². The van der Waals surface area contributed by atoms with Gasteiger partial charge in [-0.25, -0.2) is 0 Å². The summed E-state index contributed by atoms with van der Waals surface area (Å²) in [6.07, 6.45) is 10.9. The second-order valence-corrected chi connectivity index (χ2v) is 6.92. The molecule has 126 valence electrons. The zero-order valence-electron chi connectivity index (χ0n) is 14.4. The van der Waals surface area contributed by atoms with Crippen LogP contribution < -0.4 is 0 Å². The molecule has 1 spiro atoms. The second-order valence-electron chi connectivity index (χ2n) is 6.92. The van der Waals surface area contributed by atoms with Gasteiger partial charge >= 0.3 is 0 Å². The topological polar surface area (TPSA) is 41.4 Å². The van der Waals surface area contributed by atoms with Crippen LogP contribution in [0.5, 0.6) is 0 Å². The molecule has 0 saturated carbocycles. The van der Waals surface area contributed by atoms with Crippen LogP contribution >= 0.6 is 0 Å². The molecule has 2 saturated heterocycles. The average molecular weight is 316 g/mol. The minimum Gasteiger partial charge on any atom is -0.332 e. The Morgan fingerprint density at radius 1 is 1.48 bits per heavy atom. The molecular formula is C18H28N4O. The Hall–Kier alpha value is -1.62. The molecule has 0 aromatic carbocycles. The lowest BCUT2D eigenvalue weighted by molar-refractivity contribution is -0.134. The minimum absolute atomic E-state index is 0.000478. The maximum absolute atomic E-state index is 12.4. The number of carbonyl (C=O) groups excluding carboxylic acids is 1. The monoisotopic (exact) mass is 316 g/mol. The van der Waals surface area contributed by atoms with Gasteiger partial charge in [0.05, 0.1) is 11.7 Å². The maximum Gasteiger partial charge on any atom is 0.223 e. The Balaban J connectivity index is 1.85. The number of rotatable bonds is 5. The van der Waals surface area contributed by atoms with E-state index in [0.29, 0.717) is 24.9 Å². The van der Waals surface area contributed by atoms with Gasteiger partial charge in [-0.05, 0) is 32.2 Å². The first-order valence-corrected chi connectivity index (χ1v) is 8.73. The van der Waals surface area contributed by atoms with Crippen LogP contribution in [0, 0.1) is 0 Å². The number of hydrogen-bond donors (Lipinski definition) is 0. The molecular weight excluding hydrogens is 288 g/mol. The maximum atomic E-state index is 12.4. The van der Waals surface area contributed by atoms with Gasteiger partial charge in [-0.3, -0.25) is 14.4 Å². The fourth-order valence-electron chi connectivity index (χ4n) is 4.73. The van der Waals surface area contributed by atoms with Crippen LogP contribution in [0.3, 0.4) is 0 Å². The zero-order valence-corrected chi connectivity index (χ0v) is 14.4. The lowest BCUT2D eigenvalue weighted by Gasteiger charge is -2.52. The first-order chi connectivity index (χ1) is 11.1. The molecule has 3 heterocycles. The van der Waals surface area contributed by atoms with Gasteiger partial charge in [-0.1, -0.05) is 13.0 Å². The summed E-state index contributed by atoms with van der Waals surface area (Å²) in [5, 5.41) is 4.29. The Bertz CT molecular complexity index is 581. The van der Waals surface area contributed by atoms with E-state index in [2.05, 4.69) is 34.6 Å². The van der Waals surface area contributed by atoms with Crippen LogP contribution in [0.1, 0.15) is 44.6 Å². The van der Waals surface area contributed by atoms with E-state index in [0.717, 1.165) is 38.8 Å². The predicted octanol–water partition coefficient (Wildman–Crippen LogP) is 2.34. The summed E-state index contributed by atoms with van der Waals surface area (Å²) in [5.41, 5.74) is 1.25. The fourth-order valence-corrected chi connectivity index (χ4v) is 4.73. The standard InChI is InChI=1S/C18H28N4O/c1-4-10-22-17(23)7-9-18(22)8-6-11-21(16(18)5-2)14-15-12-19-20(3)13-15/h4,12-13,16H,1,5-11,14H2,2-3H3/t16-,18-/m1/s1. The molecule has 0 aliphatic carbocycles. The molecule has 2 atom stereocenters. The SMILES string of the molecule is C=CCN1C(=O)CC[C@@]12CCCN(Cc1cnn(C)c1)[C@@H]2CC. The van der Waals surface area contributed by atoms with E-state index in [-0.39, 0.29) is 5.54 Å². The van der Waals surface area contributed by atoms with E-state index >= 15 is 0 Å². The van der Waals surface area contributed by atoms with Crippen molar-refractivity contribution >= 4 is 5.91 Å². The van der Waals surface area contributed by atoms with Crippen molar-refractivity contribution in [3.8, 4) is 0 Å². The van der Waals surface area contributed by atoms with E-state index in [1.54, 1.807) is 0 Å². The molecule has 3 rings (SSSR count). The van der Waals surface area contributed by atoms with Gasteiger partial charge in [0.2, 0.25) is 5.91 Å². The molecule has 0 radical (unpaired) electrons. The Labute approximate surface area is 138 Å². The number of carbonyl (C=O) groups is 1. The average Bonchev–Trinajstić information content (AvgIpc) is 3.07. The highest BCUT2D eigenvalue weighted by Crippen LogP contribution is 2.43. The van der Waals surface area contributed by atoms with Gasteiger partial charge in [0.15, 0.2) is 0 Å². The number of hydrogen-bond acceptors (Lipinski definition) is 3. The summed E-state index contributed by atoms with van der Waals surface area (Å²) in [7, 11) is 1.96. The largest absolute Gasteiger partial charge is 0.332 e. The normalized spacial score (nSPS) is 28.7. The first kappa shape index (κ1) is 16.2. The van der Waals surface area contributed by atoms with Crippen LogP contribution in [-0.4, -0.2) is 50.2 Å². The molecule has 5 nitrogen and oxygen atoms in total. The summed E-state index contributed by atoms with van der Waals surface area (Å²) in [5.74, 6) is 0.298. The molecule has 23 heavy (non-hydrogen) atoms. The molecule has 2 aliphatic heterocycles. The zero-order chi connectivity index (χ0) is 16.4. The van der Waals surface area contributed by atoms with Crippen LogP contribution in [0.25, 0.3) is 0 Å². The van der Waals surface area contributed by atoms with Crippen molar-refractivity contribution in [1.82, 2.24) is 19.6 Å². The number of aryl methyl sites for hydroxylation is 1. The highest BCUT2D eigenvalue weighted by molar-refractivity contribution is 5.80. The van der Waals surface area contributed by atoms with Crippen molar-refractivity contribution in [2.75, 3.05) is 13.1 Å². The molecule has 2 aliphatic rings. The fraction of sp³-hybridized carbons (Fsp3) is 0.667. The van der Waals surface area contributed by atoms with Gasteiger partial charge < -0.3 is 4.90 Å². The lowest BCUT2D eigenvalue weighted by atomic mass is 9.77. The smallest absolute Gasteiger partial charge is 0.223 e. The van der Waals surface area contributed by atoms with Crippen LogP contribution in [0.2, 0.25) is 0 Å². The molecule has 1 aromatic rings. The van der Waals surface area contributed by atoms with Crippen molar-refractivity contribution in [2.24, 2.45) is 7.05 Å². The van der Waals surface area contributed by atoms with Gasteiger partial charge in [0.25, 0.3) is 0 Å². The highest BCUT2D eigenvalue weighted by Gasteiger charge is 2.52. The molecule has 0 N–H and O–H groups in total. The Kier molecular flexibility index (Phi) is 4.57. The van der Waals surface area contributed by atoms with E-state index < -0.39 is 0 Å². The molecule has 5 heteroatoms. The quantitative estimate of drug-likeness (QED) is 0.783. The third kappa shape index (κ3) is 2.82. The van der Waals surface area contributed by atoms with E-state index in [1.165, 1.54) is 5.56 Å². The van der Waals surface area contributed by atoms with Gasteiger partial charge in [-0.15, -0.1) is 6.58 Å². The minimum atomic E-state index is 0.000478. The van der Waals surface area contributed by atoms with Crippen LogP contribution in [0.4, 0.5) is 0 Å². The number of amides is 1. The Morgan fingerprint density at radius 3 is 2.96 bits per heavy atom. The van der Waals surface area contributed by atoms with E-state index in [9.17, 15) is 4.79 Å². The van der Waals surface area contributed by atoms with Crippen molar-refractivity contribution in [2.45, 2.75) is 57.2 Å². The summed E-state index contributed by atoms with van der Waals surface area (Å²) in [6, 6.07) is 0.419. The van der Waals surface area contributed by atoms with Crippen molar-refractivity contribution in [1.29, 1.82) is 0 Å². The highest BCUT2D eigenvalue weighted by atomic mass is 16.2. The Morgan fingerprint density at radius 2 is 2.30 bits per heavy atom. The molecule has 1 amide bonds. The summed E-state index contributed by atoms with van der Waals surface area (Å²) in [6.45, 7) is 8.81. The molecule has 0 bridgehead atoms. The molecule has 1 aromatic heterocycles. The molecule has 2 fully saturated rings. The molecule has 0 unspecified atom stereocenters. The third-order valence-corrected chi connectivity index (χ3v) is 5.57. The van der Waals surface area contributed by atoms with Crippen molar-refractivity contribution in [3.05, 3.63) is 30.6 Å². The van der Waals surface area contributed by atoms with E-state index in [4.69, 9.17) is 0 Å². The first-order valence-electron chi connectivity index (χ1n) is 8.73. The third-order valence-electron chi connectivity index (χ3n) is 5.57. The van der Waals surface area contributed by atoms with Crippen molar-refractivity contribution in [3.63, 3.8) is 0 Å². The summed E-state index contributed by atoms with van der Waals surface area (Å²) < 4.78 is 1.86. The number of piperidine rings is 1. The number of nitrogens with zero attached hydrogens (tertiary/aromatic N) is 4.